The molecule has 1 aromatic carbocycles. The van der Waals surface area contributed by atoms with Gasteiger partial charge in [-0.15, -0.1) is 11.3 Å². The summed E-state index contributed by atoms with van der Waals surface area (Å²) in [5, 5.41) is 14.2. The molecule has 0 unspecified atom stereocenters. The second kappa shape index (κ2) is 7.61. The lowest BCUT2D eigenvalue weighted by atomic mass is 10.0. The van der Waals surface area contributed by atoms with Crippen molar-refractivity contribution in [3.05, 3.63) is 58.3 Å². The SMILES string of the molecule is CN(C)c1ccc([C@H]2C=C(c3cccs3)NN2C(=O)CCC(=O)[O-])cc1. The second-order valence-corrected chi connectivity index (χ2v) is 7.18. The molecular weight excluding hydrogens is 350 g/mol. The molecule has 7 heteroatoms. The van der Waals surface area contributed by atoms with Crippen LogP contribution in [0.25, 0.3) is 5.70 Å². The lowest BCUT2D eigenvalue weighted by Gasteiger charge is -2.26. The van der Waals surface area contributed by atoms with Crippen LogP contribution in [0.15, 0.2) is 47.9 Å². The van der Waals surface area contributed by atoms with E-state index in [1.54, 1.807) is 11.3 Å². The summed E-state index contributed by atoms with van der Waals surface area (Å²) in [6.07, 6.45) is 1.60. The Balaban J connectivity index is 1.87. The summed E-state index contributed by atoms with van der Waals surface area (Å²) in [4.78, 5) is 26.3. The van der Waals surface area contributed by atoms with E-state index in [0.29, 0.717) is 0 Å². The van der Waals surface area contributed by atoms with Gasteiger partial charge in [0.1, 0.15) is 0 Å². The van der Waals surface area contributed by atoms with Crippen molar-refractivity contribution in [1.82, 2.24) is 10.4 Å². The third-order valence-corrected chi connectivity index (χ3v) is 5.10. The van der Waals surface area contributed by atoms with Gasteiger partial charge in [-0.05, 0) is 41.6 Å². The zero-order chi connectivity index (χ0) is 18.7. The van der Waals surface area contributed by atoms with Crippen LogP contribution in [-0.4, -0.2) is 31.0 Å². The van der Waals surface area contributed by atoms with Gasteiger partial charge in [0.15, 0.2) is 0 Å². The van der Waals surface area contributed by atoms with Crippen molar-refractivity contribution in [3.8, 4) is 0 Å². The molecule has 26 heavy (non-hydrogen) atoms. The van der Waals surface area contributed by atoms with Crippen molar-refractivity contribution in [1.29, 1.82) is 0 Å². The Morgan fingerprint density at radius 3 is 2.50 bits per heavy atom. The highest BCUT2D eigenvalue weighted by Crippen LogP contribution is 2.33. The minimum atomic E-state index is -1.23. The lowest BCUT2D eigenvalue weighted by molar-refractivity contribution is -0.305. The van der Waals surface area contributed by atoms with Gasteiger partial charge < -0.3 is 14.8 Å². The lowest BCUT2D eigenvalue weighted by Crippen LogP contribution is -2.40. The quantitative estimate of drug-likeness (QED) is 0.839. The molecule has 1 amide bonds. The molecule has 0 radical (unpaired) electrons. The molecule has 0 saturated carbocycles. The predicted molar refractivity (Wildman–Crippen MR) is 100 cm³/mol. The highest BCUT2D eigenvalue weighted by Gasteiger charge is 2.30. The molecule has 1 N–H and O–H groups in total. The fraction of sp³-hybridized carbons (Fsp3) is 0.263. The van der Waals surface area contributed by atoms with Crippen LogP contribution in [0.1, 0.15) is 29.3 Å². The Bertz CT molecular complexity index is 813. The third-order valence-electron chi connectivity index (χ3n) is 4.19. The van der Waals surface area contributed by atoms with E-state index in [2.05, 4.69) is 5.43 Å². The summed E-state index contributed by atoms with van der Waals surface area (Å²) < 4.78 is 0. The Hall–Kier alpha value is -2.80. The molecule has 0 saturated heterocycles. The number of benzene rings is 1. The van der Waals surface area contributed by atoms with Gasteiger partial charge in [0.25, 0.3) is 0 Å². The van der Waals surface area contributed by atoms with Gasteiger partial charge in [-0.3, -0.25) is 10.2 Å². The van der Waals surface area contributed by atoms with E-state index >= 15 is 0 Å². The molecule has 0 aliphatic carbocycles. The monoisotopic (exact) mass is 370 g/mol. The van der Waals surface area contributed by atoms with Crippen LogP contribution in [0.3, 0.4) is 0 Å². The highest BCUT2D eigenvalue weighted by atomic mass is 32.1. The van der Waals surface area contributed by atoms with Gasteiger partial charge in [0.05, 0.1) is 16.6 Å². The number of carboxylic acids is 1. The predicted octanol–water partition coefficient (Wildman–Crippen LogP) is 1.77. The van der Waals surface area contributed by atoms with E-state index in [-0.39, 0.29) is 24.8 Å². The topological polar surface area (TPSA) is 75.7 Å². The maximum absolute atomic E-state index is 12.6. The summed E-state index contributed by atoms with van der Waals surface area (Å²) >= 11 is 1.58. The first-order valence-corrected chi connectivity index (χ1v) is 9.15. The third kappa shape index (κ3) is 3.88. The first-order valence-electron chi connectivity index (χ1n) is 8.27. The minimum Gasteiger partial charge on any atom is -0.550 e. The van der Waals surface area contributed by atoms with Crippen LogP contribution in [0.5, 0.6) is 0 Å². The molecule has 6 nitrogen and oxygen atoms in total. The van der Waals surface area contributed by atoms with Crippen molar-refractivity contribution < 1.29 is 14.7 Å². The Kier molecular flexibility index (Phi) is 5.27. The maximum Gasteiger partial charge on any atom is 0.242 e. The first-order chi connectivity index (χ1) is 12.5. The standard InChI is InChI=1S/C19H21N3O3S/c1-21(2)14-7-5-13(6-8-14)16-12-15(17-4-3-11-26-17)20-22(16)18(23)9-10-19(24)25/h3-8,11-12,16,20H,9-10H2,1-2H3,(H,24,25)/p-1/t16-/m1/s1. The van der Waals surface area contributed by atoms with Gasteiger partial charge in [0.2, 0.25) is 5.91 Å². The Morgan fingerprint density at radius 1 is 1.19 bits per heavy atom. The number of nitrogens with one attached hydrogen (secondary N) is 1. The normalized spacial score (nSPS) is 16.2. The fourth-order valence-electron chi connectivity index (χ4n) is 2.80. The summed E-state index contributed by atoms with van der Waals surface area (Å²) in [6.45, 7) is 0. The van der Waals surface area contributed by atoms with Crippen LogP contribution in [0.2, 0.25) is 0 Å². The molecule has 0 bridgehead atoms. The number of carbonyl (C=O) groups is 2. The molecule has 2 heterocycles. The van der Waals surface area contributed by atoms with Gasteiger partial charge in [0, 0.05) is 32.2 Å². The zero-order valence-electron chi connectivity index (χ0n) is 14.6. The number of nitrogens with zero attached hydrogens (tertiary/aromatic N) is 2. The van der Waals surface area contributed by atoms with Crippen molar-refractivity contribution in [2.75, 3.05) is 19.0 Å². The molecule has 3 rings (SSSR count). The minimum absolute atomic E-state index is 0.104. The van der Waals surface area contributed by atoms with E-state index < -0.39 is 5.97 Å². The van der Waals surface area contributed by atoms with Crippen molar-refractivity contribution >= 4 is 34.6 Å². The van der Waals surface area contributed by atoms with Gasteiger partial charge >= 0.3 is 0 Å². The second-order valence-electron chi connectivity index (χ2n) is 6.24. The Morgan fingerprint density at radius 2 is 1.92 bits per heavy atom. The number of hydrogen-bond donors (Lipinski definition) is 1. The number of carboxylic acid groups (broad SMARTS) is 1. The number of amides is 1. The van der Waals surface area contributed by atoms with Crippen LogP contribution >= 0.6 is 11.3 Å². The molecule has 136 valence electrons. The zero-order valence-corrected chi connectivity index (χ0v) is 15.5. The molecule has 1 aliphatic rings. The van der Waals surface area contributed by atoms with Crippen LogP contribution in [-0.2, 0) is 9.59 Å². The molecule has 0 spiro atoms. The van der Waals surface area contributed by atoms with Crippen LogP contribution in [0.4, 0.5) is 5.69 Å². The first kappa shape index (κ1) is 18.0. The van der Waals surface area contributed by atoms with Gasteiger partial charge in [-0.1, -0.05) is 18.2 Å². The number of rotatable bonds is 6. The number of thiophene rings is 1. The number of hydrogen-bond acceptors (Lipinski definition) is 6. The average molecular weight is 370 g/mol. The molecule has 0 fully saturated rings. The largest absolute Gasteiger partial charge is 0.550 e. The smallest absolute Gasteiger partial charge is 0.242 e. The molecule has 2 aromatic rings. The van der Waals surface area contributed by atoms with E-state index in [0.717, 1.165) is 21.8 Å². The summed E-state index contributed by atoms with van der Waals surface area (Å²) in [7, 11) is 3.94. The number of hydrazine groups is 1. The summed E-state index contributed by atoms with van der Waals surface area (Å²) in [6, 6.07) is 11.6. The van der Waals surface area contributed by atoms with E-state index in [1.807, 2.05) is 66.8 Å². The average Bonchev–Trinajstić information content (AvgIpc) is 3.29. The number of carbonyl (C=O) groups excluding carboxylic acids is 2. The van der Waals surface area contributed by atoms with Crippen molar-refractivity contribution in [3.63, 3.8) is 0 Å². The maximum atomic E-state index is 12.6. The van der Waals surface area contributed by atoms with Crippen LogP contribution in [0, 0.1) is 0 Å². The van der Waals surface area contributed by atoms with Crippen molar-refractivity contribution in [2.45, 2.75) is 18.9 Å². The van der Waals surface area contributed by atoms with E-state index in [1.165, 1.54) is 5.01 Å². The highest BCUT2D eigenvalue weighted by molar-refractivity contribution is 7.11. The summed E-state index contributed by atoms with van der Waals surface area (Å²) in [5.41, 5.74) is 6.01. The Labute approximate surface area is 156 Å². The molecular formula is C19H20N3O3S-. The summed E-state index contributed by atoms with van der Waals surface area (Å²) in [5.74, 6) is -1.51. The van der Waals surface area contributed by atoms with E-state index in [9.17, 15) is 14.7 Å². The fourth-order valence-corrected chi connectivity index (χ4v) is 3.50. The molecule has 1 atom stereocenters. The van der Waals surface area contributed by atoms with Crippen molar-refractivity contribution in [2.24, 2.45) is 0 Å². The molecule has 1 aromatic heterocycles. The van der Waals surface area contributed by atoms with Gasteiger partial charge in [-0.25, -0.2) is 5.01 Å². The number of aliphatic carboxylic acids is 1. The van der Waals surface area contributed by atoms with Gasteiger partial charge in [-0.2, -0.15) is 0 Å². The van der Waals surface area contributed by atoms with E-state index in [4.69, 9.17) is 0 Å². The molecule has 1 aliphatic heterocycles. The van der Waals surface area contributed by atoms with Crippen LogP contribution < -0.4 is 15.4 Å². The number of anilines is 1.